The number of hydrogen-bond acceptors (Lipinski definition) is 7. The molecular formula is C27H42N2O8S. The first-order chi connectivity index (χ1) is 17.8. The Hall–Kier alpha value is -2.66. The zero-order chi connectivity index (χ0) is 28.3. The van der Waals surface area contributed by atoms with Gasteiger partial charge in [-0.05, 0) is 83.1 Å². The van der Waals surface area contributed by atoms with Crippen molar-refractivity contribution in [1.82, 2.24) is 9.62 Å². The van der Waals surface area contributed by atoms with Gasteiger partial charge in [0, 0.05) is 25.1 Å². The molecule has 0 radical (unpaired) electrons. The lowest BCUT2D eigenvalue weighted by Gasteiger charge is -2.33. The summed E-state index contributed by atoms with van der Waals surface area (Å²) in [6, 6.07) is 5.29. The number of carboxylic acids is 1. The van der Waals surface area contributed by atoms with Gasteiger partial charge in [0.25, 0.3) is 0 Å². The normalized spacial score (nSPS) is 15.6. The minimum absolute atomic E-state index is 0.102. The van der Waals surface area contributed by atoms with E-state index in [1.54, 1.807) is 29.2 Å². The predicted molar refractivity (Wildman–Crippen MR) is 144 cm³/mol. The van der Waals surface area contributed by atoms with Gasteiger partial charge in [0.05, 0.1) is 12.4 Å². The highest BCUT2D eigenvalue weighted by Gasteiger charge is 2.27. The quantitative estimate of drug-likeness (QED) is 0.326. The van der Waals surface area contributed by atoms with Crippen LogP contribution in [0.3, 0.4) is 0 Å². The molecule has 0 aliphatic carbocycles. The van der Waals surface area contributed by atoms with Crippen molar-refractivity contribution >= 4 is 27.9 Å². The molecule has 2 rings (SSSR count). The van der Waals surface area contributed by atoms with Crippen LogP contribution in [0.1, 0.15) is 83.0 Å². The van der Waals surface area contributed by atoms with Gasteiger partial charge in [-0.2, -0.15) is 0 Å². The average Bonchev–Trinajstić information content (AvgIpc) is 2.84. The molecule has 0 saturated carbocycles. The highest BCUT2D eigenvalue weighted by molar-refractivity contribution is 7.89. The molecule has 1 aromatic carbocycles. The van der Waals surface area contributed by atoms with Gasteiger partial charge in [-0.15, -0.1) is 0 Å². The first-order valence-electron chi connectivity index (χ1n) is 13.3. The van der Waals surface area contributed by atoms with Gasteiger partial charge in [0.15, 0.2) is 5.78 Å². The maximum absolute atomic E-state index is 12.5. The van der Waals surface area contributed by atoms with E-state index in [4.69, 9.17) is 9.47 Å². The minimum Gasteiger partial charge on any atom is -0.494 e. The van der Waals surface area contributed by atoms with Crippen molar-refractivity contribution in [1.29, 1.82) is 0 Å². The Morgan fingerprint density at radius 2 is 1.76 bits per heavy atom. The Balaban J connectivity index is 1.74. The summed E-state index contributed by atoms with van der Waals surface area (Å²) in [6.45, 7) is 9.26. The van der Waals surface area contributed by atoms with E-state index in [1.165, 1.54) is 0 Å². The van der Waals surface area contributed by atoms with Gasteiger partial charge >= 0.3 is 12.1 Å². The summed E-state index contributed by atoms with van der Waals surface area (Å²) in [7, 11) is -3.72. The van der Waals surface area contributed by atoms with Crippen LogP contribution in [0.25, 0.3) is 0 Å². The lowest BCUT2D eigenvalue weighted by molar-refractivity contribution is -0.139. The zero-order valence-electron chi connectivity index (χ0n) is 22.9. The van der Waals surface area contributed by atoms with Crippen LogP contribution in [0.4, 0.5) is 4.79 Å². The molecule has 0 spiro atoms. The van der Waals surface area contributed by atoms with E-state index in [9.17, 15) is 27.9 Å². The Bertz CT molecular complexity index is 1030. The van der Waals surface area contributed by atoms with Crippen molar-refractivity contribution in [2.75, 3.05) is 25.4 Å². The fraction of sp³-hybridized carbons (Fsp3) is 0.667. The lowest BCUT2D eigenvalue weighted by Crippen LogP contribution is -2.42. The van der Waals surface area contributed by atoms with E-state index >= 15 is 0 Å². The standard InChI is InChI=1S/C27H42N2O8S/c1-5-6-19-38(34,35)28-23(25(31)32)11-12-24(30)21-7-9-22(10-8-21)36-18-15-20-13-16-29(17-14-20)26(33)37-27(2,3)4/h7-10,20,23,28H,5-6,11-19H2,1-4H3,(H,31,32)/t23-/m0/s1. The average molecular weight is 555 g/mol. The van der Waals surface area contributed by atoms with Gasteiger partial charge < -0.3 is 19.5 Å². The SMILES string of the molecule is CCCCS(=O)(=O)N[C@@H](CCC(=O)c1ccc(OCCC2CCN(C(=O)OC(C)(C)C)CC2)cc1)C(=O)O. The van der Waals surface area contributed by atoms with Crippen molar-refractivity contribution in [3.8, 4) is 5.75 Å². The number of likely N-dealkylation sites (tertiary alicyclic amines) is 1. The Morgan fingerprint density at radius 1 is 1.13 bits per heavy atom. The minimum atomic E-state index is -3.72. The number of benzene rings is 1. The van der Waals surface area contributed by atoms with Crippen LogP contribution in [-0.2, 0) is 19.6 Å². The van der Waals surface area contributed by atoms with Gasteiger partial charge in [-0.3, -0.25) is 9.59 Å². The van der Waals surface area contributed by atoms with Crippen LogP contribution < -0.4 is 9.46 Å². The molecule has 1 aromatic rings. The maximum Gasteiger partial charge on any atom is 0.410 e. The van der Waals surface area contributed by atoms with Crippen molar-refractivity contribution < 1.29 is 37.4 Å². The van der Waals surface area contributed by atoms with Gasteiger partial charge in [-0.1, -0.05) is 13.3 Å². The van der Waals surface area contributed by atoms with Crippen LogP contribution in [0, 0.1) is 5.92 Å². The molecule has 1 aliphatic heterocycles. The maximum atomic E-state index is 12.5. The van der Waals surface area contributed by atoms with E-state index in [2.05, 4.69) is 4.72 Å². The number of carboxylic acid groups (broad SMARTS) is 1. The molecule has 2 N–H and O–H groups in total. The van der Waals surface area contributed by atoms with E-state index < -0.39 is 27.6 Å². The largest absolute Gasteiger partial charge is 0.494 e. The van der Waals surface area contributed by atoms with Crippen LogP contribution in [0.15, 0.2) is 24.3 Å². The fourth-order valence-electron chi connectivity index (χ4n) is 4.07. The second-order valence-corrected chi connectivity index (χ2v) is 12.6. The molecule has 38 heavy (non-hydrogen) atoms. The molecule has 214 valence electrons. The molecule has 0 unspecified atom stereocenters. The second-order valence-electron chi connectivity index (χ2n) is 10.7. The summed E-state index contributed by atoms with van der Waals surface area (Å²) in [5.41, 5.74) is -0.0956. The number of Topliss-reactive ketones (excluding diaryl/α,β-unsaturated/α-hetero) is 1. The van der Waals surface area contributed by atoms with Crippen LogP contribution in [0.2, 0.25) is 0 Å². The Morgan fingerprint density at radius 3 is 2.32 bits per heavy atom. The molecule has 1 saturated heterocycles. The third-order valence-electron chi connectivity index (χ3n) is 6.28. The second kappa shape index (κ2) is 14.5. The molecule has 0 bridgehead atoms. The molecule has 10 nitrogen and oxygen atoms in total. The summed E-state index contributed by atoms with van der Waals surface area (Å²) >= 11 is 0. The number of ketones is 1. The lowest BCUT2D eigenvalue weighted by atomic mass is 9.94. The molecular weight excluding hydrogens is 512 g/mol. The van der Waals surface area contributed by atoms with Gasteiger partial charge in [0.1, 0.15) is 17.4 Å². The van der Waals surface area contributed by atoms with Crippen molar-refractivity contribution in [2.24, 2.45) is 5.92 Å². The molecule has 1 fully saturated rings. The summed E-state index contributed by atoms with van der Waals surface area (Å²) in [5, 5.41) is 9.36. The Labute approximate surface area is 226 Å². The van der Waals surface area contributed by atoms with E-state index in [0.29, 0.717) is 49.8 Å². The number of unbranched alkanes of at least 4 members (excludes halogenated alkanes) is 1. The number of amides is 1. The van der Waals surface area contributed by atoms with Crippen molar-refractivity contribution in [2.45, 2.75) is 84.3 Å². The third-order valence-corrected chi connectivity index (χ3v) is 7.75. The molecule has 1 aliphatic rings. The summed E-state index contributed by atoms with van der Waals surface area (Å²) < 4.78 is 37.5. The Kier molecular flexibility index (Phi) is 12.0. The highest BCUT2D eigenvalue weighted by atomic mass is 32.2. The number of aliphatic carboxylic acids is 1. The number of hydrogen-bond donors (Lipinski definition) is 2. The molecule has 11 heteroatoms. The number of carbonyl (C=O) groups excluding carboxylic acids is 2. The summed E-state index contributed by atoms with van der Waals surface area (Å²) in [6.07, 6.45) is 3.24. The number of sulfonamides is 1. The van der Waals surface area contributed by atoms with Crippen LogP contribution in [0.5, 0.6) is 5.75 Å². The molecule has 1 amide bonds. The monoisotopic (exact) mass is 554 g/mol. The first kappa shape index (κ1) is 31.6. The molecule has 0 aromatic heterocycles. The number of ether oxygens (including phenoxy) is 2. The van der Waals surface area contributed by atoms with Gasteiger partial charge in [0.2, 0.25) is 10.0 Å². The first-order valence-corrected chi connectivity index (χ1v) is 14.9. The van der Waals surface area contributed by atoms with Crippen molar-refractivity contribution in [3.63, 3.8) is 0 Å². The number of piperidine rings is 1. The predicted octanol–water partition coefficient (Wildman–Crippen LogP) is 4.24. The third kappa shape index (κ3) is 11.4. The molecule has 1 atom stereocenters. The highest BCUT2D eigenvalue weighted by Crippen LogP contribution is 2.23. The van der Waals surface area contributed by atoms with Gasteiger partial charge in [-0.25, -0.2) is 17.9 Å². The number of carbonyl (C=O) groups is 3. The topological polar surface area (TPSA) is 139 Å². The zero-order valence-corrected chi connectivity index (χ0v) is 23.7. The number of nitrogens with one attached hydrogen (secondary N) is 1. The smallest absolute Gasteiger partial charge is 0.410 e. The van der Waals surface area contributed by atoms with Crippen LogP contribution in [-0.4, -0.2) is 73.4 Å². The molecule has 1 heterocycles. The number of rotatable bonds is 14. The number of nitrogens with zero attached hydrogens (tertiary/aromatic N) is 1. The summed E-state index contributed by atoms with van der Waals surface area (Å²) in [4.78, 5) is 38.0. The van der Waals surface area contributed by atoms with Crippen molar-refractivity contribution in [3.05, 3.63) is 29.8 Å². The summed E-state index contributed by atoms with van der Waals surface area (Å²) in [5.74, 6) is -0.645. The van der Waals surface area contributed by atoms with E-state index in [1.807, 2.05) is 27.7 Å². The van der Waals surface area contributed by atoms with Crippen LogP contribution >= 0.6 is 0 Å². The van der Waals surface area contributed by atoms with E-state index in [0.717, 1.165) is 19.3 Å². The fourth-order valence-corrected chi connectivity index (χ4v) is 5.51. The van der Waals surface area contributed by atoms with E-state index in [-0.39, 0.29) is 30.5 Å².